The van der Waals surface area contributed by atoms with Crippen LogP contribution in [0.4, 0.5) is 0 Å². The van der Waals surface area contributed by atoms with Crippen molar-refractivity contribution in [3.63, 3.8) is 0 Å². The summed E-state index contributed by atoms with van der Waals surface area (Å²) in [7, 11) is -38.1. The zero-order valence-corrected chi connectivity index (χ0v) is 53.0. The van der Waals surface area contributed by atoms with E-state index in [1.165, 1.54) is 0 Å². The van der Waals surface area contributed by atoms with Gasteiger partial charge in [-0.05, 0) is 129 Å². The van der Waals surface area contributed by atoms with Crippen molar-refractivity contribution in [1.29, 1.82) is 0 Å². The molecule has 3 heterocycles. The molecule has 0 unspecified atom stereocenters. The normalized spacial score (nSPS) is 40.9. The van der Waals surface area contributed by atoms with E-state index in [4.69, 9.17) is 68.7 Å². The van der Waals surface area contributed by atoms with Crippen LogP contribution in [0.1, 0.15) is 180 Å². The molecule has 0 aromatic rings. The van der Waals surface area contributed by atoms with Gasteiger partial charge < -0.3 is 49.4 Å². The molecule has 0 aromatic carbocycles. The standard InChI is InChI=1S/C47H84O12Si10/c1-10-60(4,5)48-63(41-27-13-14-28-41)51-66(44-33-19-20-34-44)53-64(42-29-15-16-30-42,49-61(6,7)11-2)55-68(46-37-23-24-38-46)56-65(43-31-17-18-32-43,50-62(8,9)12-3)54-67(52-63,45-35-21-22-36-45)58-69(57-66,59-68)47-39-25-26-40-47/h1-3,41-47H,13-40H2,4-9H3. The SMILES string of the molecule is C#C[Si](C)(C)O[Si]1(C2CCCC2)O[Si]2(C3CCCC3)O[Si](O[Si](C)(C)C#C)(C3CCCC3)O[Si]3(C4CCCC4)O[Si](O[Si](C)(C)C#C)(C4CCCC4)O[Si](C4CCCC4)(O1)O[Si](C1CCCC1)(O2)O3. The van der Waals surface area contributed by atoms with Crippen molar-refractivity contribution < 1.29 is 49.4 Å². The lowest BCUT2D eigenvalue weighted by atomic mass is 10.4. The van der Waals surface area contributed by atoms with Gasteiger partial charge in [-0.3, -0.25) is 0 Å². The van der Waals surface area contributed by atoms with Crippen LogP contribution in [-0.2, 0) is 49.4 Å². The third kappa shape index (κ3) is 10.1. The lowest BCUT2D eigenvalue weighted by Crippen LogP contribution is -2.86. The molecule has 0 radical (unpaired) electrons. The Hall–Kier alpha value is 0.369. The molecule has 4 bridgehead atoms. The minimum atomic E-state index is -4.20. The quantitative estimate of drug-likeness (QED) is 0.129. The highest BCUT2D eigenvalue weighted by Gasteiger charge is 2.84. The minimum Gasteiger partial charge on any atom is -0.405 e. The van der Waals surface area contributed by atoms with E-state index in [-0.39, 0.29) is 38.8 Å². The molecule has 10 fully saturated rings. The fourth-order valence-corrected chi connectivity index (χ4v) is 70.8. The Morgan fingerprint density at radius 2 is 0.449 bits per heavy atom. The van der Waals surface area contributed by atoms with E-state index in [0.717, 1.165) is 180 Å². The fraction of sp³-hybridized carbons (Fsp3) is 0.872. The molecule has 12 nitrogen and oxygen atoms in total. The number of rotatable bonds is 13. The average Bonchev–Trinajstić information content (AvgIpc) is 4.16. The number of terminal acetylenes is 3. The second-order valence-corrected chi connectivity index (χ2v) is 58.2. The first-order chi connectivity index (χ1) is 32.9. The zero-order valence-electron chi connectivity index (χ0n) is 43.0. The summed E-state index contributed by atoms with van der Waals surface area (Å²) in [4.78, 5) is 0. The Labute approximate surface area is 427 Å². The third-order valence-electron chi connectivity index (χ3n) is 17.8. The molecule has 22 heteroatoms. The first-order valence-electron chi connectivity index (χ1n) is 27.8. The van der Waals surface area contributed by atoms with Crippen LogP contribution in [0.3, 0.4) is 0 Å². The van der Waals surface area contributed by atoms with Gasteiger partial charge in [0, 0.05) is 38.8 Å². The maximum absolute atomic E-state index is 8.65. The first-order valence-corrected chi connectivity index (χ1v) is 49.1. The van der Waals surface area contributed by atoms with Gasteiger partial charge in [0.1, 0.15) is 0 Å². The first kappa shape index (κ1) is 52.8. The molecule has 0 aromatic heterocycles. The molecule has 0 N–H and O–H groups in total. The van der Waals surface area contributed by atoms with Crippen LogP contribution in [0, 0.1) is 35.9 Å². The Kier molecular flexibility index (Phi) is 15.3. The van der Waals surface area contributed by atoms with Gasteiger partial charge in [-0.15, -0.1) is 35.9 Å². The summed E-state index contributed by atoms with van der Waals surface area (Å²) in [5.41, 5.74) is 9.09. The van der Waals surface area contributed by atoms with Crippen molar-refractivity contribution in [2.75, 3.05) is 0 Å². The fourth-order valence-electron chi connectivity index (χ4n) is 14.1. The van der Waals surface area contributed by atoms with Gasteiger partial charge in [-0.1, -0.05) is 89.9 Å². The van der Waals surface area contributed by atoms with Crippen LogP contribution < -0.4 is 0 Å². The molecule has 10 rings (SSSR count). The summed E-state index contributed by atoms with van der Waals surface area (Å²) in [6, 6.07) is 0. The molecule has 10 aliphatic rings. The van der Waals surface area contributed by atoms with E-state index in [0.29, 0.717) is 0 Å². The molecule has 0 spiro atoms. The van der Waals surface area contributed by atoms with E-state index in [1.54, 1.807) is 0 Å². The highest BCUT2D eigenvalue weighted by Crippen LogP contribution is 2.64. The maximum Gasteiger partial charge on any atom is 0.482 e. The zero-order chi connectivity index (χ0) is 48.4. The third-order valence-corrected chi connectivity index (χ3v) is 60.9. The van der Waals surface area contributed by atoms with E-state index >= 15 is 0 Å². The summed E-state index contributed by atoms with van der Waals surface area (Å²) in [6.45, 7) is 12.7. The van der Waals surface area contributed by atoms with Crippen LogP contribution >= 0.6 is 0 Å². The van der Waals surface area contributed by atoms with Crippen molar-refractivity contribution in [1.82, 2.24) is 0 Å². The lowest BCUT2D eigenvalue weighted by molar-refractivity contribution is -0.00641. The molecule has 384 valence electrons. The molecule has 7 aliphatic carbocycles. The van der Waals surface area contributed by atoms with Crippen LogP contribution in [0.25, 0.3) is 0 Å². The summed E-state index contributed by atoms with van der Waals surface area (Å²) in [5.74, 6) is 0. The van der Waals surface area contributed by atoms with E-state index in [1.807, 2.05) is 0 Å². The van der Waals surface area contributed by atoms with Gasteiger partial charge in [0.05, 0.1) is 0 Å². The minimum absolute atomic E-state index is 0.0480. The van der Waals surface area contributed by atoms with Gasteiger partial charge >= 0.3 is 61.6 Å². The molecule has 0 amide bonds. The summed E-state index contributed by atoms with van der Waals surface area (Å²) in [5, 5.41) is 0. The highest BCUT2D eigenvalue weighted by molar-refractivity contribution is 7.03. The lowest BCUT2D eigenvalue weighted by Gasteiger charge is -2.63. The van der Waals surface area contributed by atoms with Crippen LogP contribution in [0.5, 0.6) is 0 Å². The Bertz CT molecular complexity index is 1740. The second-order valence-electron chi connectivity index (χ2n) is 24.3. The van der Waals surface area contributed by atoms with Crippen LogP contribution in [-0.4, -0.2) is 86.6 Å². The van der Waals surface area contributed by atoms with Gasteiger partial charge in [-0.2, -0.15) is 0 Å². The van der Waals surface area contributed by atoms with Gasteiger partial charge in [0.2, 0.25) is 0 Å². The van der Waals surface area contributed by atoms with Crippen molar-refractivity contribution in [3.8, 4) is 35.9 Å². The Morgan fingerprint density at radius 1 is 0.290 bits per heavy atom. The molecule has 69 heavy (non-hydrogen) atoms. The molecular weight excluding hydrogens is 1040 g/mol. The smallest absolute Gasteiger partial charge is 0.405 e. The van der Waals surface area contributed by atoms with Crippen LogP contribution in [0.2, 0.25) is 78.1 Å². The van der Waals surface area contributed by atoms with E-state index in [9.17, 15) is 0 Å². The number of fused-ring (bicyclic) bond motifs is 3. The Balaban J connectivity index is 1.35. The van der Waals surface area contributed by atoms with Gasteiger partial charge in [-0.25, -0.2) is 0 Å². The predicted molar refractivity (Wildman–Crippen MR) is 288 cm³/mol. The monoisotopic (exact) mass is 1120 g/mol. The summed E-state index contributed by atoms with van der Waals surface area (Å²) >= 11 is 0. The van der Waals surface area contributed by atoms with Crippen molar-refractivity contribution in [2.45, 2.75) is 258 Å². The van der Waals surface area contributed by atoms with Gasteiger partial charge in [0.15, 0.2) is 0 Å². The summed E-state index contributed by atoms with van der Waals surface area (Å²) < 4.78 is 101. The van der Waals surface area contributed by atoms with E-state index in [2.05, 4.69) is 55.9 Å². The van der Waals surface area contributed by atoms with E-state index < -0.39 is 86.6 Å². The molecule has 3 saturated heterocycles. The second kappa shape index (κ2) is 20.1. The van der Waals surface area contributed by atoms with Crippen LogP contribution in [0.15, 0.2) is 0 Å². The average molecular weight is 1120 g/mol. The van der Waals surface area contributed by atoms with Crippen molar-refractivity contribution >= 4 is 86.6 Å². The molecule has 3 aliphatic heterocycles. The van der Waals surface area contributed by atoms with Crippen molar-refractivity contribution in [2.24, 2.45) is 0 Å². The number of hydrogen-bond donors (Lipinski definition) is 0. The van der Waals surface area contributed by atoms with Crippen molar-refractivity contribution in [3.05, 3.63) is 0 Å². The maximum atomic E-state index is 8.65. The summed E-state index contributed by atoms with van der Waals surface area (Å²) in [6.07, 6.45) is 46.8. The molecule has 7 saturated carbocycles. The predicted octanol–water partition coefficient (Wildman–Crippen LogP) is 12.5. The highest BCUT2D eigenvalue weighted by atomic mass is 28.6. The topological polar surface area (TPSA) is 111 Å². The molecule has 0 atom stereocenters. The molecular formula is C47H84O12Si10. The van der Waals surface area contributed by atoms with Gasteiger partial charge in [0.25, 0.3) is 25.0 Å². The Morgan fingerprint density at radius 3 is 0.623 bits per heavy atom. The number of hydrogen-bond acceptors (Lipinski definition) is 12. The largest absolute Gasteiger partial charge is 0.482 e.